The monoisotopic (exact) mass is 233 g/mol. The summed E-state index contributed by atoms with van der Waals surface area (Å²) in [5.74, 6) is 0.988. The first-order valence-corrected chi connectivity index (χ1v) is 6.55. The second kappa shape index (κ2) is 5.09. The van der Waals surface area contributed by atoms with Crippen LogP contribution in [0.3, 0.4) is 0 Å². The molecule has 94 valence electrons. The van der Waals surface area contributed by atoms with Gasteiger partial charge in [0.05, 0.1) is 6.61 Å². The summed E-state index contributed by atoms with van der Waals surface area (Å²) < 4.78 is 5.97. The Kier molecular flexibility index (Phi) is 3.72. The van der Waals surface area contributed by atoms with Crippen LogP contribution in [0.1, 0.15) is 36.8 Å². The predicted octanol–water partition coefficient (Wildman–Crippen LogP) is 3.20. The maximum Gasteiger partial charge on any atom is 0.119 e. The van der Waals surface area contributed by atoms with E-state index in [2.05, 4.69) is 32.0 Å². The fraction of sp³-hybridized carbons (Fsp3) is 0.600. The smallest absolute Gasteiger partial charge is 0.119 e. The van der Waals surface area contributed by atoms with E-state index in [1.54, 1.807) is 0 Å². The fourth-order valence-corrected chi connectivity index (χ4v) is 2.79. The predicted molar refractivity (Wildman–Crippen MR) is 71.4 cm³/mol. The van der Waals surface area contributed by atoms with Gasteiger partial charge in [-0.3, -0.25) is 0 Å². The summed E-state index contributed by atoms with van der Waals surface area (Å²) >= 11 is 0. The van der Waals surface area contributed by atoms with Crippen molar-refractivity contribution >= 4 is 0 Å². The summed E-state index contributed by atoms with van der Waals surface area (Å²) in [6.07, 6.45) is 5.03. The van der Waals surface area contributed by atoms with Crippen LogP contribution in [0.5, 0.6) is 5.75 Å². The zero-order valence-corrected chi connectivity index (χ0v) is 11.0. The maximum atomic E-state index is 5.97. The summed E-state index contributed by atoms with van der Waals surface area (Å²) in [5, 5.41) is 0. The molecule has 1 saturated carbocycles. The van der Waals surface area contributed by atoms with E-state index in [1.165, 1.54) is 36.8 Å². The molecule has 0 spiro atoms. The van der Waals surface area contributed by atoms with Gasteiger partial charge in [-0.15, -0.1) is 0 Å². The number of aryl methyl sites for hydroxylation is 2. The van der Waals surface area contributed by atoms with Crippen LogP contribution in [-0.2, 0) is 0 Å². The van der Waals surface area contributed by atoms with Crippen LogP contribution < -0.4 is 10.5 Å². The van der Waals surface area contributed by atoms with Crippen molar-refractivity contribution in [3.63, 3.8) is 0 Å². The number of nitrogens with two attached hydrogens (primary N) is 1. The molecule has 0 heterocycles. The van der Waals surface area contributed by atoms with Gasteiger partial charge in [-0.1, -0.05) is 18.9 Å². The van der Waals surface area contributed by atoms with Gasteiger partial charge in [0.1, 0.15) is 5.75 Å². The molecule has 1 aromatic carbocycles. The molecule has 2 rings (SSSR count). The highest BCUT2D eigenvalue weighted by molar-refractivity contribution is 5.33. The second-order valence-electron chi connectivity index (χ2n) is 5.52. The van der Waals surface area contributed by atoms with Crippen LogP contribution in [0.2, 0.25) is 0 Å². The van der Waals surface area contributed by atoms with Crippen molar-refractivity contribution in [2.45, 2.75) is 39.5 Å². The van der Waals surface area contributed by atoms with E-state index in [4.69, 9.17) is 10.5 Å². The lowest BCUT2D eigenvalue weighted by Gasteiger charge is -2.27. The fourth-order valence-electron chi connectivity index (χ4n) is 2.79. The lowest BCUT2D eigenvalue weighted by molar-refractivity contribution is 0.157. The quantitative estimate of drug-likeness (QED) is 0.866. The van der Waals surface area contributed by atoms with Gasteiger partial charge in [-0.05, 0) is 49.9 Å². The topological polar surface area (TPSA) is 35.2 Å². The second-order valence-corrected chi connectivity index (χ2v) is 5.52. The molecule has 0 saturated heterocycles. The van der Waals surface area contributed by atoms with Crippen molar-refractivity contribution in [3.8, 4) is 5.75 Å². The summed E-state index contributed by atoms with van der Waals surface area (Å²) in [5.41, 5.74) is 8.66. The summed E-state index contributed by atoms with van der Waals surface area (Å²) in [6.45, 7) is 5.73. The molecular formula is C15H23NO. The Hall–Kier alpha value is -1.02. The SMILES string of the molecule is Cc1cc(C)cc(OCC2(CN)CCCC2)c1. The van der Waals surface area contributed by atoms with Gasteiger partial charge < -0.3 is 10.5 Å². The highest BCUT2D eigenvalue weighted by Crippen LogP contribution is 2.37. The highest BCUT2D eigenvalue weighted by atomic mass is 16.5. The van der Waals surface area contributed by atoms with Crippen LogP contribution in [0.4, 0.5) is 0 Å². The van der Waals surface area contributed by atoms with E-state index in [0.29, 0.717) is 0 Å². The largest absolute Gasteiger partial charge is 0.493 e. The minimum absolute atomic E-state index is 0.234. The molecule has 2 nitrogen and oxygen atoms in total. The third-order valence-corrected chi connectivity index (χ3v) is 3.84. The number of hydrogen-bond acceptors (Lipinski definition) is 2. The summed E-state index contributed by atoms with van der Waals surface area (Å²) in [4.78, 5) is 0. The first-order chi connectivity index (χ1) is 8.13. The van der Waals surface area contributed by atoms with Crippen LogP contribution in [-0.4, -0.2) is 13.2 Å². The molecule has 0 aromatic heterocycles. The molecule has 0 unspecified atom stereocenters. The number of ether oxygens (including phenoxy) is 1. The molecule has 2 heteroatoms. The van der Waals surface area contributed by atoms with E-state index in [1.807, 2.05) is 0 Å². The Morgan fingerprint density at radius 2 is 1.71 bits per heavy atom. The zero-order valence-electron chi connectivity index (χ0n) is 11.0. The molecule has 1 fully saturated rings. The highest BCUT2D eigenvalue weighted by Gasteiger charge is 2.33. The molecule has 17 heavy (non-hydrogen) atoms. The zero-order chi connectivity index (χ0) is 12.3. The summed E-state index contributed by atoms with van der Waals surface area (Å²) in [7, 11) is 0. The van der Waals surface area contributed by atoms with Gasteiger partial charge in [0.15, 0.2) is 0 Å². The summed E-state index contributed by atoms with van der Waals surface area (Å²) in [6, 6.07) is 6.37. The molecule has 0 radical (unpaired) electrons. The van der Waals surface area contributed by atoms with Crippen molar-refractivity contribution in [1.29, 1.82) is 0 Å². The third kappa shape index (κ3) is 3.01. The standard InChI is InChI=1S/C15H23NO/c1-12-7-13(2)9-14(8-12)17-11-15(10-16)5-3-4-6-15/h7-9H,3-6,10-11,16H2,1-2H3. The minimum atomic E-state index is 0.234. The first kappa shape index (κ1) is 12.4. The Balaban J connectivity index is 2.01. The third-order valence-electron chi connectivity index (χ3n) is 3.84. The Morgan fingerprint density at radius 3 is 2.24 bits per heavy atom. The van der Waals surface area contributed by atoms with Crippen LogP contribution in [0, 0.1) is 19.3 Å². The van der Waals surface area contributed by atoms with Crippen molar-refractivity contribution in [1.82, 2.24) is 0 Å². The van der Waals surface area contributed by atoms with E-state index in [-0.39, 0.29) is 5.41 Å². The van der Waals surface area contributed by atoms with Crippen molar-refractivity contribution in [3.05, 3.63) is 29.3 Å². The van der Waals surface area contributed by atoms with E-state index in [0.717, 1.165) is 18.9 Å². The average Bonchev–Trinajstić information content (AvgIpc) is 2.74. The minimum Gasteiger partial charge on any atom is -0.493 e. The molecule has 0 aliphatic heterocycles. The Labute approximate surface area is 104 Å². The number of rotatable bonds is 4. The molecular weight excluding hydrogens is 210 g/mol. The molecule has 0 bridgehead atoms. The molecule has 2 N–H and O–H groups in total. The molecule has 0 atom stereocenters. The molecule has 1 aliphatic rings. The van der Waals surface area contributed by atoms with Gasteiger partial charge in [0, 0.05) is 12.0 Å². The van der Waals surface area contributed by atoms with E-state index in [9.17, 15) is 0 Å². The normalized spacial score (nSPS) is 18.3. The van der Waals surface area contributed by atoms with Crippen LogP contribution >= 0.6 is 0 Å². The Bertz CT molecular complexity index is 360. The van der Waals surface area contributed by atoms with Crippen LogP contribution in [0.15, 0.2) is 18.2 Å². The maximum absolute atomic E-state index is 5.97. The van der Waals surface area contributed by atoms with Gasteiger partial charge in [0.2, 0.25) is 0 Å². The van der Waals surface area contributed by atoms with Crippen molar-refractivity contribution in [2.24, 2.45) is 11.1 Å². The molecule has 0 amide bonds. The van der Waals surface area contributed by atoms with Crippen LogP contribution in [0.25, 0.3) is 0 Å². The number of benzene rings is 1. The van der Waals surface area contributed by atoms with Crippen molar-refractivity contribution in [2.75, 3.05) is 13.2 Å². The average molecular weight is 233 g/mol. The van der Waals surface area contributed by atoms with E-state index >= 15 is 0 Å². The van der Waals surface area contributed by atoms with Gasteiger partial charge in [-0.25, -0.2) is 0 Å². The first-order valence-electron chi connectivity index (χ1n) is 6.55. The number of hydrogen-bond donors (Lipinski definition) is 1. The van der Waals surface area contributed by atoms with Gasteiger partial charge in [0.25, 0.3) is 0 Å². The molecule has 1 aliphatic carbocycles. The Morgan fingerprint density at radius 1 is 1.12 bits per heavy atom. The van der Waals surface area contributed by atoms with Gasteiger partial charge in [-0.2, -0.15) is 0 Å². The van der Waals surface area contributed by atoms with Crippen molar-refractivity contribution < 1.29 is 4.74 Å². The lowest BCUT2D eigenvalue weighted by atomic mass is 9.87. The van der Waals surface area contributed by atoms with E-state index < -0.39 is 0 Å². The lowest BCUT2D eigenvalue weighted by Crippen LogP contribution is -2.33. The van der Waals surface area contributed by atoms with Gasteiger partial charge >= 0.3 is 0 Å². The molecule has 1 aromatic rings.